The van der Waals surface area contributed by atoms with E-state index in [1.165, 1.54) is 23.4 Å². The molecule has 1 aromatic heterocycles. The highest BCUT2D eigenvalue weighted by Crippen LogP contribution is 2.30. The number of benzene rings is 1. The van der Waals surface area contributed by atoms with E-state index in [0.29, 0.717) is 5.56 Å². The van der Waals surface area contributed by atoms with Crippen LogP contribution >= 0.6 is 0 Å². The summed E-state index contributed by atoms with van der Waals surface area (Å²) in [6, 6.07) is 4.50. The largest absolute Gasteiger partial charge is 0.490 e. The molecule has 1 aromatic carbocycles. The van der Waals surface area contributed by atoms with Gasteiger partial charge in [-0.15, -0.1) is 0 Å². The van der Waals surface area contributed by atoms with Gasteiger partial charge in [-0.1, -0.05) is 6.07 Å². The van der Waals surface area contributed by atoms with Gasteiger partial charge in [0.25, 0.3) is 5.91 Å². The van der Waals surface area contributed by atoms with Gasteiger partial charge in [-0.25, -0.2) is 9.97 Å². The molecule has 0 saturated heterocycles. The maximum Gasteiger partial charge on any atom is 0.387 e. The third kappa shape index (κ3) is 4.75. The number of hydrogen-bond acceptors (Lipinski definition) is 6. The number of rotatable bonds is 7. The number of hydrogen-bond donors (Lipinski definition) is 1. The van der Waals surface area contributed by atoms with Crippen molar-refractivity contribution in [3.05, 3.63) is 41.9 Å². The Labute approximate surface area is 143 Å². The molecule has 0 spiro atoms. The number of carbonyl (C=O) groups excluding carboxylic acids is 1. The summed E-state index contributed by atoms with van der Waals surface area (Å²) in [6.07, 6.45) is 2.77. The Hall–Kier alpha value is -2.97. The average molecular weight is 352 g/mol. The fraction of sp³-hybridized carbons (Fsp3) is 0.312. The third-order valence-electron chi connectivity index (χ3n) is 3.22. The quantitative estimate of drug-likeness (QED) is 0.822. The molecule has 0 aliphatic carbocycles. The van der Waals surface area contributed by atoms with Gasteiger partial charge in [0.1, 0.15) is 0 Å². The number of ether oxygens (including phenoxy) is 2. The van der Waals surface area contributed by atoms with Crippen LogP contribution in [-0.2, 0) is 6.54 Å². The van der Waals surface area contributed by atoms with Crippen molar-refractivity contribution in [2.24, 2.45) is 0 Å². The number of anilines is 1. The van der Waals surface area contributed by atoms with Gasteiger partial charge in [0.15, 0.2) is 23.0 Å². The number of nitrogen functional groups attached to an aromatic ring is 1. The number of carbonyl (C=O) groups is 1. The third-order valence-corrected chi connectivity index (χ3v) is 3.22. The van der Waals surface area contributed by atoms with E-state index < -0.39 is 12.5 Å². The molecule has 0 aliphatic rings. The molecule has 134 valence electrons. The zero-order chi connectivity index (χ0) is 18.4. The van der Waals surface area contributed by atoms with Crippen LogP contribution < -0.4 is 15.2 Å². The highest BCUT2D eigenvalue weighted by molar-refractivity contribution is 5.96. The van der Waals surface area contributed by atoms with Crippen LogP contribution in [0.1, 0.15) is 23.0 Å². The van der Waals surface area contributed by atoms with E-state index in [1.807, 2.05) is 0 Å². The molecule has 0 saturated carbocycles. The van der Waals surface area contributed by atoms with Crippen LogP contribution in [0.2, 0.25) is 0 Å². The van der Waals surface area contributed by atoms with Gasteiger partial charge in [0.05, 0.1) is 6.61 Å². The number of nitrogens with two attached hydrogens (primary N) is 1. The number of nitrogens with zero attached hydrogens (tertiary/aromatic N) is 3. The second kappa shape index (κ2) is 8.22. The number of halogens is 2. The van der Waals surface area contributed by atoms with E-state index in [1.54, 1.807) is 26.1 Å². The molecule has 0 bridgehead atoms. The zero-order valence-electron chi connectivity index (χ0n) is 13.8. The Bertz CT molecular complexity index is 743. The molecule has 1 amide bonds. The lowest BCUT2D eigenvalue weighted by molar-refractivity contribution is -0.0514. The summed E-state index contributed by atoms with van der Waals surface area (Å²) in [5.41, 5.74) is 6.37. The van der Waals surface area contributed by atoms with Gasteiger partial charge in [0, 0.05) is 26.0 Å². The lowest BCUT2D eigenvalue weighted by Gasteiger charge is -2.18. The van der Waals surface area contributed by atoms with Crippen LogP contribution in [0, 0.1) is 0 Å². The van der Waals surface area contributed by atoms with Crippen molar-refractivity contribution in [2.75, 3.05) is 19.4 Å². The van der Waals surface area contributed by atoms with Crippen LogP contribution in [0.5, 0.6) is 11.5 Å². The molecule has 0 unspecified atom stereocenters. The first kappa shape index (κ1) is 18.4. The lowest BCUT2D eigenvalue weighted by atomic mass is 10.2. The van der Waals surface area contributed by atoms with E-state index in [0.717, 1.165) is 0 Å². The smallest absolute Gasteiger partial charge is 0.387 e. The molecule has 7 nitrogen and oxygen atoms in total. The Morgan fingerprint density at radius 2 is 2.00 bits per heavy atom. The molecule has 2 aromatic rings. The van der Waals surface area contributed by atoms with E-state index in [9.17, 15) is 13.6 Å². The molecule has 9 heteroatoms. The summed E-state index contributed by atoms with van der Waals surface area (Å²) in [4.78, 5) is 21.5. The molecular formula is C16H18F2N4O3. The fourth-order valence-electron chi connectivity index (χ4n) is 2.15. The maximum absolute atomic E-state index is 12.4. The highest BCUT2D eigenvalue weighted by Gasteiger charge is 2.18. The Morgan fingerprint density at radius 3 is 2.64 bits per heavy atom. The van der Waals surface area contributed by atoms with Gasteiger partial charge in [0.2, 0.25) is 0 Å². The van der Waals surface area contributed by atoms with Gasteiger partial charge in [-0.05, 0) is 24.6 Å². The SMILES string of the molecule is CCOc1cc(CN(C)C(=O)c2nccnc2N)ccc1OC(F)F. The van der Waals surface area contributed by atoms with E-state index in [4.69, 9.17) is 10.5 Å². The molecular weight excluding hydrogens is 334 g/mol. The minimum atomic E-state index is -2.95. The second-order valence-corrected chi connectivity index (χ2v) is 5.04. The number of aromatic nitrogens is 2. The minimum Gasteiger partial charge on any atom is -0.490 e. The van der Waals surface area contributed by atoms with Gasteiger partial charge in [-0.2, -0.15) is 8.78 Å². The highest BCUT2D eigenvalue weighted by atomic mass is 19.3. The molecule has 25 heavy (non-hydrogen) atoms. The number of alkyl halides is 2. The van der Waals surface area contributed by atoms with Crippen LogP contribution in [0.3, 0.4) is 0 Å². The minimum absolute atomic E-state index is 0.0371. The van der Waals surface area contributed by atoms with Crippen molar-refractivity contribution >= 4 is 11.7 Å². The van der Waals surface area contributed by atoms with E-state index >= 15 is 0 Å². The molecule has 2 rings (SSSR count). The standard InChI is InChI=1S/C16H18F2N4O3/c1-3-24-12-8-10(4-5-11(12)25-16(17)18)9-22(2)15(23)13-14(19)21-7-6-20-13/h4-8,16H,3,9H2,1-2H3,(H2,19,21). The van der Waals surface area contributed by atoms with Crippen LogP contribution in [0.4, 0.5) is 14.6 Å². The summed E-state index contributed by atoms with van der Waals surface area (Å²) in [6.45, 7) is -0.739. The Kier molecular flexibility index (Phi) is 6.04. The summed E-state index contributed by atoms with van der Waals surface area (Å²) >= 11 is 0. The van der Waals surface area contributed by atoms with Crippen LogP contribution in [0.15, 0.2) is 30.6 Å². The molecule has 1 heterocycles. The first-order valence-electron chi connectivity index (χ1n) is 7.44. The van der Waals surface area contributed by atoms with Gasteiger partial charge >= 0.3 is 6.61 Å². The summed E-state index contributed by atoms with van der Waals surface area (Å²) in [5.74, 6) is -0.251. The van der Waals surface area contributed by atoms with Crippen molar-refractivity contribution in [2.45, 2.75) is 20.1 Å². The summed E-state index contributed by atoms with van der Waals surface area (Å²) < 4.78 is 34.6. The Morgan fingerprint density at radius 1 is 1.28 bits per heavy atom. The van der Waals surface area contributed by atoms with Crippen LogP contribution in [-0.4, -0.2) is 41.0 Å². The van der Waals surface area contributed by atoms with Crippen molar-refractivity contribution < 1.29 is 23.0 Å². The van der Waals surface area contributed by atoms with Gasteiger partial charge < -0.3 is 20.1 Å². The van der Waals surface area contributed by atoms with Crippen LogP contribution in [0.25, 0.3) is 0 Å². The first-order valence-corrected chi connectivity index (χ1v) is 7.44. The topological polar surface area (TPSA) is 90.6 Å². The second-order valence-electron chi connectivity index (χ2n) is 5.04. The van der Waals surface area contributed by atoms with Crippen molar-refractivity contribution in [3.8, 4) is 11.5 Å². The lowest BCUT2D eigenvalue weighted by Crippen LogP contribution is -2.28. The molecule has 0 aliphatic heterocycles. The maximum atomic E-state index is 12.4. The first-order chi connectivity index (χ1) is 11.9. The zero-order valence-corrected chi connectivity index (χ0v) is 13.8. The Balaban J connectivity index is 2.17. The molecule has 2 N–H and O–H groups in total. The predicted molar refractivity (Wildman–Crippen MR) is 86.5 cm³/mol. The van der Waals surface area contributed by atoms with Crippen molar-refractivity contribution in [1.29, 1.82) is 0 Å². The van der Waals surface area contributed by atoms with Gasteiger partial charge in [-0.3, -0.25) is 4.79 Å². The van der Waals surface area contributed by atoms with Crippen molar-refractivity contribution in [1.82, 2.24) is 14.9 Å². The molecule has 0 fully saturated rings. The summed E-state index contributed by atoms with van der Waals surface area (Å²) in [5, 5.41) is 0. The van der Waals surface area contributed by atoms with E-state index in [2.05, 4.69) is 14.7 Å². The molecule has 0 atom stereocenters. The monoisotopic (exact) mass is 352 g/mol. The average Bonchev–Trinajstić information content (AvgIpc) is 2.57. The van der Waals surface area contributed by atoms with E-state index in [-0.39, 0.29) is 36.2 Å². The normalized spacial score (nSPS) is 10.6. The van der Waals surface area contributed by atoms with Crippen molar-refractivity contribution in [3.63, 3.8) is 0 Å². The predicted octanol–water partition coefficient (Wildman–Crippen LogP) is 2.33. The number of amides is 1. The summed E-state index contributed by atoms with van der Waals surface area (Å²) in [7, 11) is 1.57. The fourth-order valence-corrected chi connectivity index (χ4v) is 2.15. The molecule has 0 radical (unpaired) electrons.